The molecule has 2 heterocycles. The predicted molar refractivity (Wildman–Crippen MR) is 91.3 cm³/mol. The Morgan fingerprint density at radius 1 is 1.07 bits per heavy atom. The Hall–Kier alpha value is -3.74. The fourth-order valence-electron chi connectivity index (χ4n) is 2.20. The molecule has 0 unspecified atom stereocenters. The molecule has 0 aliphatic rings. The highest BCUT2D eigenvalue weighted by Crippen LogP contribution is 2.29. The van der Waals surface area contributed by atoms with E-state index in [0.717, 1.165) is 12.1 Å². The fourth-order valence-corrected chi connectivity index (χ4v) is 2.20. The van der Waals surface area contributed by atoms with Crippen molar-refractivity contribution in [3.8, 4) is 23.1 Å². The van der Waals surface area contributed by atoms with Crippen molar-refractivity contribution in [2.24, 2.45) is 0 Å². The topological polar surface area (TPSA) is 83.7 Å². The van der Waals surface area contributed by atoms with Gasteiger partial charge < -0.3 is 10.1 Å². The standard InChI is InChI=1S/C18H11F4N5O/c19-16(20)18(21,22)28-14-3-1-2-12(9-14)26-17-25-7-5-15(27-17)11-4-6-24-13(8-11)10-23/h1-9,16H,(H,25,26,27). The summed E-state index contributed by atoms with van der Waals surface area (Å²) in [7, 11) is 0. The Morgan fingerprint density at radius 3 is 2.61 bits per heavy atom. The van der Waals surface area contributed by atoms with Gasteiger partial charge in [0.15, 0.2) is 0 Å². The van der Waals surface area contributed by atoms with E-state index >= 15 is 0 Å². The Labute approximate surface area is 156 Å². The number of nitrogens with zero attached hydrogens (tertiary/aromatic N) is 4. The second-order valence-corrected chi connectivity index (χ2v) is 5.42. The molecule has 1 N–H and O–H groups in total. The molecule has 2 aromatic heterocycles. The van der Waals surface area contributed by atoms with Crippen LogP contribution >= 0.6 is 0 Å². The van der Waals surface area contributed by atoms with Crippen LogP contribution in [-0.4, -0.2) is 27.5 Å². The second kappa shape index (κ2) is 7.87. The van der Waals surface area contributed by atoms with E-state index in [9.17, 15) is 17.6 Å². The number of hydrogen-bond acceptors (Lipinski definition) is 6. The molecule has 0 bridgehead atoms. The van der Waals surface area contributed by atoms with E-state index in [2.05, 4.69) is 25.0 Å². The number of rotatable bonds is 6. The number of nitrogens with one attached hydrogen (secondary N) is 1. The zero-order chi connectivity index (χ0) is 20.1. The maximum absolute atomic E-state index is 13.0. The van der Waals surface area contributed by atoms with Crippen LogP contribution in [0.3, 0.4) is 0 Å². The first-order valence-corrected chi connectivity index (χ1v) is 7.79. The molecule has 3 rings (SSSR count). The number of nitriles is 1. The number of alkyl halides is 4. The lowest BCUT2D eigenvalue weighted by atomic mass is 10.1. The summed E-state index contributed by atoms with van der Waals surface area (Å²) in [6, 6.07) is 11.8. The molecule has 0 amide bonds. The van der Waals surface area contributed by atoms with Gasteiger partial charge in [-0.15, -0.1) is 0 Å². The lowest BCUT2D eigenvalue weighted by Gasteiger charge is -2.17. The first-order chi connectivity index (χ1) is 13.4. The smallest absolute Gasteiger partial charge is 0.428 e. The summed E-state index contributed by atoms with van der Waals surface area (Å²) in [6.45, 7) is 0. The molecule has 3 aromatic rings. The van der Waals surface area contributed by atoms with Gasteiger partial charge in [0.05, 0.1) is 5.69 Å². The number of hydrogen-bond donors (Lipinski definition) is 1. The van der Waals surface area contributed by atoms with Gasteiger partial charge in [-0.2, -0.15) is 22.8 Å². The Kier molecular flexibility index (Phi) is 5.35. The van der Waals surface area contributed by atoms with Crippen molar-refractivity contribution in [1.82, 2.24) is 15.0 Å². The zero-order valence-electron chi connectivity index (χ0n) is 14.0. The highest BCUT2D eigenvalue weighted by atomic mass is 19.3. The first-order valence-electron chi connectivity index (χ1n) is 7.79. The van der Waals surface area contributed by atoms with E-state index in [1.54, 1.807) is 18.2 Å². The van der Waals surface area contributed by atoms with E-state index in [-0.39, 0.29) is 17.3 Å². The molecule has 0 saturated carbocycles. The maximum Gasteiger partial charge on any atom is 0.461 e. The van der Waals surface area contributed by atoms with Gasteiger partial charge >= 0.3 is 12.5 Å². The van der Waals surface area contributed by atoms with E-state index in [1.165, 1.54) is 24.5 Å². The number of aromatic nitrogens is 3. The van der Waals surface area contributed by atoms with Crippen molar-refractivity contribution in [1.29, 1.82) is 5.26 Å². The van der Waals surface area contributed by atoms with Crippen LogP contribution in [0.25, 0.3) is 11.3 Å². The molecule has 6 nitrogen and oxygen atoms in total. The molecule has 28 heavy (non-hydrogen) atoms. The van der Waals surface area contributed by atoms with E-state index in [1.807, 2.05) is 6.07 Å². The molecule has 0 aliphatic carbocycles. The number of pyridine rings is 1. The van der Waals surface area contributed by atoms with Crippen molar-refractivity contribution in [2.75, 3.05) is 5.32 Å². The summed E-state index contributed by atoms with van der Waals surface area (Å²) in [5.41, 5.74) is 1.60. The van der Waals surface area contributed by atoms with Crippen molar-refractivity contribution < 1.29 is 22.3 Å². The van der Waals surface area contributed by atoms with Gasteiger partial charge in [-0.1, -0.05) is 6.07 Å². The molecule has 1 aromatic carbocycles. The normalized spacial score (nSPS) is 11.1. The predicted octanol–water partition coefficient (Wildman–Crippen LogP) is 4.39. The largest absolute Gasteiger partial charge is 0.461 e. The third kappa shape index (κ3) is 4.50. The summed E-state index contributed by atoms with van der Waals surface area (Å²) < 4.78 is 54.7. The Balaban J connectivity index is 1.81. The van der Waals surface area contributed by atoms with Crippen molar-refractivity contribution in [2.45, 2.75) is 12.5 Å². The summed E-state index contributed by atoms with van der Waals surface area (Å²) >= 11 is 0. The summed E-state index contributed by atoms with van der Waals surface area (Å²) in [6.07, 6.45) is -5.63. The first kappa shape index (κ1) is 19.0. The van der Waals surface area contributed by atoms with Gasteiger partial charge in [-0.25, -0.2) is 15.0 Å². The van der Waals surface area contributed by atoms with Gasteiger partial charge in [0.2, 0.25) is 5.95 Å². The average molecular weight is 389 g/mol. The molecular weight excluding hydrogens is 378 g/mol. The monoisotopic (exact) mass is 389 g/mol. The molecule has 10 heteroatoms. The SMILES string of the molecule is N#Cc1cc(-c2ccnc(Nc3cccc(OC(F)(F)C(F)F)c3)n2)ccn1. The average Bonchev–Trinajstić information content (AvgIpc) is 2.68. The lowest BCUT2D eigenvalue weighted by Crippen LogP contribution is -2.33. The minimum atomic E-state index is -4.60. The maximum atomic E-state index is 13.0. The quantitative estimate of drug-likeness (QED) is 0.630. The van der Waals surface area contributed by atoms with Crippen LogP contribution in [0.4, 0.5) is 29.2 Å². The molecule has 0 radical (unpaired) electrons. The molecule has 0 aliphatic heterocycles. The van der Waals surface area contributed by atoms with Gasteiger partial charge in [-0.3, -0.25) is 0 Å². The van der Waals surface area contributed by atoms with Crippen molar-refractivity contribution >= 4 is 11.6 Å². The zero-order valence-corrected chi connectivity index (χ0v) is 14.0. The van der Waals surface area contributed by atoms with Crippen LogP contribution in [0.2, 0.25) is 0 Å². The molecule has 0 saturated heterocycles. The number of anilines is 2. The summed E-state index contributed by atoms with van der Waals surface area (Å²) in [4.78, 5) is 12.2. The van der Waals surface area contributed by atoms with Crippen LogP contribution in [0.15, 0.2) is 54.9 Å². The van der Waals surface area contributed by atoms with Gasteiger partial charge in [-0.05, 0) is 30.3 Å². The summed E-state index contributed by atoms with van der Waals surface area (Å²) in [5.74, 6) is -0.315. The van der Waals surface area contributed by atoms with Gasteiger partial charge in [0, 0.05) is 29.7 Å². The van der Waals surface area contributed by atoms with Crippen LogP contribution in [0, 0.1) is 11.3 Å². The third-order valence-corrected chi connectivity index (χ3v) is 3.42. The van der Waals surface area contributed by atoms with E-state index < -0.39 is 18.3 Å². The van der Waals surface area contributed by atoms with Crippen LogP contribution in [-0.2, 0) is 0 Å². The highest BCUT2D eigenvalue weighted by Gasteiger charge is 2.43. The minimum absolute atomic E-state index is 0.130. The van der Waals surface area contributed by atoms with Crippen LogP contribution in [0.5, 0.6) is 5.75 Å². The molecule has 0 fully saturated rings. The number of ether oxygens (including phenoxy) is 1. The molecule has 0 atom stereocenters. The number of benzene rings is 1. The van der Waals surface area contributed by atoms with Crippen molar-refractivity contribution in [3.63, 3.8) is 0 Å². The molecular formula is C18H11F4N5O. The Morgan fingerprint density at radius 2 is 1.86 bits per heavy atom. The second-order valence-electron chi connectivity index (χ2n) is 5.42. The van der Waals surface area contributed by atoms with Crippen LogP contribution in [0.1, 0.15) is 5.69 Å². The van der Waals surface area contributed by atoms with Crippen LogP contribution < -0.4 is 10.1 Å². The van der Waals surface area contributed by atoms with Gasteiger partial charge in [0.1, 0.15) is 17.5 Å². The minimum Gasteiger partial charge on any atom is -0.428 e. The third-order valence-electron chi connectivity index (χ3n) is 3.42. The van der Waals surface area contributed by atoms with Gasteiger partial charge in [0.25, 0.3) is 0 Å². The molecule has 0 spiro atoms. The summed E-state index contributed by atoms with van der Waals surface area (Å²) in [5, 5.41) is 11.7. The van der Waals surface area contributed by atoms with E-state index in [4.69, 9.17) is 5.26 Å². The van der Waals surface area contributed by atoms with E-state index in [0.29, 0.717) is 11.3 Å². The fraction of sp³-hybridized carbons (Fsp3) is 0.111. The Bertz CT molecular complexity index is 1020. The number of halogens is 4. The molecule has 142 valence electrons. The highest BCUT2D eigenvalue weighted by molar-refractivity contribution is 5.63. The lowest BCUT2D eigenvalue weighted by molar-refractivity contribution is -0.253. The van der Waals surface area contributed by atoms with Crippen molar-refractivity contribution in [3.05, 3.63) is 60.6 Å².